The molecule has 200 valence electrons. The first-order valence-electron chi connectivity index (χ1n) is 12.1. The van der Waals surface area contributed by atoms with Gasteiger partial charge in [-0.1, -0.05) is 78.0 Å². The van der Waals surface area contributed by atoms with Crippen molar-refractivity contribution in [1.82, 2.24) is 15.8 Å². The van der Waals surface area contributed by atoms with Crippen LogP contribution in [0, 0.1) is 6.92 Å². The van der Waals surface area contributed by atoms with Gasteiger partial charge in [0.1, 0.15) is 11.6 Å². The van der Waals surface area contributed by atoms with E-state index in [1.165, 1.54) is 12.1 Å². The Morgan fingerprint density at radius 2 is 1.54 bits per heavy atom. The summed E-state index contributed by atoms with van der Waals surface area (Å²) in [4.78, 5) is 39.7. The third-order valence-corrected chi connectivity index (χ3v) is 7.14. The normalized spacial score (nSPS) is 11.9. The molecule has 2 amide bonds. The molecule has 0 aliphatic carbocycles. The molecule has 0 saturated heterocycles. The number of nitrogens with zero attached hydrogens (tertiary/aromatic N) is 1. The van der Waals surface area contributed by atoms with Gasteiger partial charge in [-0.25, -0.2) is 8.42 Å². The van der Waals surface area contributed by atoms with Crippen LogP contribution in [0.4, 0.5) is 0 Å². The van der Waals surface area contributed by atoms with Gasteiger partial charge < -0.3 is 15.2 Å². The second-order valence-electron chi connectivity index (χ2n) is 9.02. The molecule has 0 aliphatic heterocycles. The molecular formula is C29H27N3O6S. The lowest BCUT2D eigenvalue weighted by Gasteiger charge is -2.18. The van der Waals surface area contributed by atoms with Crippen molar-refractivity contribution in [2.75, 3.05) is 6.26 Å². The highest BCUT2D eigenvalue weighted by atomic mass is 32.2. The number of aryl methyl sites for hydroxylation is 1. The van der Waals surface area contributed by atoms with Gasteiger partial charge in [0.05, 0.1) is 10.6 Å². The quantitative estimate of drug-likeness (QED) is 0.292. The molecule has 3 aromatic carbocycles. The van der Waals surface area contributed by atoms with Crippen molar-refractivity contribution in [2.24, 2.45) is 0 Å². The third kappa shape index (κ3) is 6.85. The minimum atomic E-state index is -3.43. The van der Waals surface area contributed by atoms with E-state index in [2.05, 4.69) is 15.8 Å². The van der Waals surface area contributed by atoms with E-state index in [-0.39, 0.29) is 29.2 Å². The van der Waals surface area contributed by atoms with Crippen molar-refractivity contribution < 1.29 is 27.3 Å². The fraction of sp³-hybridized carbons (Fsp3) is 0.172. The highest BCUT2D eigenvalue weighted by Gasteiger charge is 2.30. The SMILES string of the molecule is Cc1noc(-c2ccccc2)c1C(=O)NC(Cc1ccccc1)C(=O)C(=O)NCc1cccc(S(C)(=O)=O)c1. The molecule has 0 fully saturated rings. The molecule has 2 N–H and O–H groups in total. The smallest absolute Gasteiger partial charge is 0.289 e. The Morgan fingerprint density at radius 1 is 0.897 bits per heavy atom. The predicted molar refractivity (Wildman–Crippen MR) is 144 cm³/mol. The Morgan fingerprint density at radius 3 is 2.21 bits per heavy atom. The average Bonchev–Trinajstić information content (AvgIpc) is 3.33. The summed E-state index contributed by atoms with van der Waals surface area (Å²) >= 11 is 0. The minimum Gasteiger partial charge on any atom is -0.355 e. The van der Waals surface area contributed by atoms with E-state index in [9.17, 15) is 22.8 Å². The van der Waals surface area contributed by atoms with Crippen LogP contribution in [0.25, 0.3) is 11.3 Å². The standard InChI is InChI=1S/C29H27N3O6S/c1-19-25(27(38-32-19)22-13-7-4-8-14-22)28(34)31-24(17-20-10-5-3-6-11-20)26(33)29(35)30-18-21-12-9-15-23(16-21)39(2,36)37/h3-16,24H,17-18H2,1-2H3,(H,30,35)(H,31,34). The highest BCUT2D eigenvalue weighted by Crippen LogP contribution is 2.26. The summed E-state index contributed by atoms with van der Waals surface area (Å²) in [5.41, 5.74) is 2.41. The first kappa shape index (κ1) is 27.5. The van der Waals surface area contributed by atoms with Crippen LogP contribution in [-0.4, -0.2) is 43.5 Å². The number of hydrogen-bond donors (Lipinski definition) is 2. The van der Waals surface area contributed by atoms with E-state index in [1.54, 1.807) is 67.6 Å². The van der Waals surface area contributed by atoms with Crippen molar-refractivity contribution in [3.63, 3.8) is 0 Å². The summed E-state index contributed by atoms with van der Waals surface area (Å²) in [6.07, 6.45) is 1.17. The van der Waals surface area contributed by atoms with Crippen molar-refractivity contribution in [1.29, 1.82) is 0 Å². The molecule has 1 aromatic heterocycles. The Labute approximate surface area is 226 Å². The summed E-state index contributed by atoms with van der Waals surface area (Å²) in [5, 5.41) is 9.16. The molecule has 0 bridgehead atoms. The summed E-state index contributed by atoms with van der Waals surface area (Å²) in [5.74, 6) is -2.10. The van der Waals surface area contributed by atoms with Crippen molar-refractivity contribution in [3.8, 4) is 11.3 Å². The number of amides is 2. The van der Waals surface area contributed by atoms with Gasteiger partial charge in [0, 0.05) is 24.8 Å². The van der Waals surface area contributed by atoms with Crippen LogP contribution in [-0.2, 0) is 32.4 Å². The van der Waals surface area contributed by atoms with Gasteiger partial charge in [-0.2, -0.15) is 0 Å². The topological polar surface area (TPSA) is 135 Å². The Kier molecular flexibility index (Phi) is 8.36. The fourth-order valence-corrected chi connectivity index (χ4v) is 4.72. The van der Waals surface area contributed by atoms with Crippen molar-refractivity contribution in [3.05, 3.63) is 107 Å². The van der Waals surface area contributed by atoms with Crippen LogP contribution in [0.1, 0.15) is 27.2 Å². The molecule has 1 atom stereocenters. The van der Waals surface area contributed by atoms with Gasteiger partial charge in [0.2, 0.25) is 5.78 Å². The molecule has 9 nitrogen and oxygen atoms in total. The van der Waals surface area contributed by atoms with E-state index in [0.717, 1.165) is 11.8 Å². The maximum absolute atomic E-state index is 13.4. The fourth-order valence-electron chi connectivity index (χ4n) is 4.03. The monoisotopic (exact) mass is 545 g/mol. The summed E-state index contributed by atoms with van der Waals surface area (Å²) < 4.78 is 29.1. The Bertz CT molecular complexity index is 1600. The molecule has 1 unspecified atom stereocenters. The maximum Gasteiger partial charge on any atom is 0.289 e. The maximum atomic E-state index is 13.4. The lowest BCUT2D eigenvalue weighted by molar-refractivity contribution is -0.139. The zero-order chi connectivity index (χ0) is 28.0. The number of carbonyl (C=O) groups excluding carboxylic acids is 3. The number of sulfone groups is 1. The lowest BCUT2D eigenvalue weighted by Crippen LogP contribution is -2.48. The number of carbonyl (C=O) groups is 3. The average molecular weight is 546 g/mol. The Balaban J connectivity index is 1.55. The van der Waals surface area contributed by atoms with Crippen molar-refractivity contribution >= 4 is 27.4 Å². The van der Waals surface area contributed by atoms with E-state index >= 15 is 0 Å². The second-order valence-corrected chi connectivity index (χ2v) is 11.0. The lowest BCUT2D eigenvalue weighted by atomic mass is 10.00. The molecule has 0 aliphatic rings. The molecule has 0 radical (unpaired) electrons. The second kappa shape index (κ2) is 11.9. The first-order valence-corrected chi connectivity index (χ1v) is 14.0. The number of Topliss-reactive ketones (excluding diaryl/α,β-unsaturated/α-hetero) is 1. The molecule has 39 heavy (non-hydrogen) atoms. The molecule has 10 heteroatoms. The van der Waals surface area contributed by atoms with E-state index in [4.69, 9.17) is 4.52 Å². The molecular weight excluding hydrogens is 518 g/mol. The van der Waals surface area contributed by atoms with E-state index in [0.29, 0.717) is 16.8 Å². The van der Waals surface area contributed by atoms with E-state index in [1.807, 2.05) is 12.1 Å². The number of rotatable bonds is 10. The zero-order valence-electron chi connectivity index (χ0n) is 21.4. The van der Waals surface area contributed by atoms with Crippen LogP contribution in [0.2, 0.25) is 0 Å². The van der Waals surface area contributed by atoms with Crippen LogP contribution < -0.4 is 10.6 Å². The molecule has 0 spiro atoms. The number of nitrogens with one attached hydrogen (secondary N) is 2. The van der Waals surface area contributed by atoms with Gasteiger partial charge >= 0.3 is 0 Å². The van der Waals surface area contributed by atoms with Gasteiger partial charge in [-0.05, 0) is 30.2 Å². The number of hydrogen-bond acceptors (Lipinski definition) is 7. The summed E-state index contributed by atoms with van der Waals surface area (Å²) in [6.45, 7) is 1.55. The van der Waals surface area contributed by atoms with Gasteiger partial charge in [0.15, 0.2) is 15.6 Å². The number of benzene rings is 3. The van der Waals surface area contributed by atoms with Crippen LogP contribution >= 0.6 is 0 Å². The number of aromatic nitrogens is 1. The van der Waals surface area contributed by atoms with Gasteiger partial charge in [-0.3, -0.25) is 14.4 Å². The van der Waals surface area contributed by atoms with E-state index < -0.39 is 33.5 Å². The first-order chi connectivity index (χ1) is 18.6. The molecule has 4 aromatic rings. The highest BCUT2D eigenvalue weighted by molar-refractivity contribution is 7.90. The number of ketones is 1. The third-order valence-electron chi connectivity index (χ3n) is 6.03. The minimum absolute atomic E-state index is 0.0666. The molecule has 1 heterocycles. The van der Waals surface area contributed by atoms with Crippen molar-refractivity contribution in [2.45, 2.75) is 30.8 Å². The van der Waals surface area contributed by atoms with Gasteiger partial charge in [-0.15, -0.1) is 0 Å². The van der Waals surface area contributed by atoms with Crippen LogP contribution in [0.15, 0.2) is 94.3 Å². The Hall–Kier alpha value is -4.57. The zero-order valence-corrected chi connectivity index (χ0v) is 22.2. The summed E-state index contributed by atoms with van der Waals surface area (Å²) in [7, 11) is -3.43. The van der Waals surface area contributed by atoms with Crippen LogP contribution in [0.3, 0.4) is 0 Å². The van der Waals surface area contributed by atoms with Crippen LogP contribution in [0.5, 0.6) is 0 Å². The summed E-state index contributed by atoms with van der Waals surface area (Å²) in [6, 6.07) is 22.9. The largest absolute Gasteiger partial charge is 0.355 e. The molecule has 0 saturated carbocycles. The predicted octanol–water partition coefficient (Wildman–Crippen LogP) is 3.28. The molecule has 4 rings (SSSR count). The van der Waals surface area contributed by atoms with Gasteiger partial charge in [0.25, 0.3) is 11.8 Å².